The van der Waals surface area contributed by atoms with Gasteiger partial charge in [0.15, 0.2) is 0 Å². The number of carbonyl (C=O) groups excluding carboxylic acids is 1. The van der Waals surface area contributed by atoms with E-state index in [-0.39, 0.29) is 5.91 Å². The highest BCUT2D eigenvalue weighted by Crippen LogP contribution is 2.34. The van der Waals surface area contributed by atoms with E-state index in [1.165, 1.54) is 16.8 Å². The summed E-state index contributed by atoms with van der Waals surface area (Å²) in [7, 11) is 0. The Morgan fingerprint density at radius 2 is 1.93 bits per heavy atom. The van der Waals surface area contributed by atoms with Gasteiger partial charge in [0.25, 0.3) is 0 Å². The van der Waals surface area contributed by atoms with Crippen LogP contribution in [0.15, 0.2) is 53.5 Å². The van der Waals surface area contributed by atoms with Crippen molar-refractivity contribution in [2.45, 2.75) is 12.7 Å². The average Bonchev–Trinajstić information content (AvgIpc) is 2.72. The highest BCUT2D eigenvalue weighted by Gasteiger charge is 2.22. The van der Waals surface area contributed by atoms with Gasteiger partial charge in [-0.2, -0.15) is 0 Å². The molecule has 4 nitrogen and oxygen atoms in total. The Morgan fingerprint density at radius 3 is 2.74 bits per heavy atom. The maximum Gasteiger partial charge on any atom is 0.233 e. The van der Waals surface area contributed by atoms with Crippen molar-refractivity contribution in [3.63, 3.8) is 0 Å². The molecule has 1 amide bonds. The number of nitrogens with zero attached hydrogens (tertiary/aromatic N) is 3. The lowest BCUT2D eigenvalue weighted by Gasteiger charge is -2.36. The summed E-state index contributed by atoms with van der Waals surface area (Å²) in [4.78, 5) is 21.6. The molecule has 140 valence electrons. The monoisotopic (exact) mass is 397 g/mol. The van der Waals surface area contributed by atoms with E-state index in [1.807, 2.05) is 23.1 Å². The quantitative estimate of drug-likeness (QED) is 0.773. The van der Waals surface area contributed by atoms with Crippen LogP contribution >= 0.6 is 23.5 Å². The van der Waals surface area contributed by atoms with Gasteiger partial charge in [-0.15, -0.1) is 0 Å². The third-order valence-corrected chi connectivity index (χ3v) is 7.10. The first-order chi connectivity index (χ1) is 13.2. The fourth-order valence-electron chi connectivity index (χ4n) is 3.34. The van der Waals surface area contributed by atoms with Crippen LogP contribution in [0.1, 0.15) is 11.1 Å². The minimum atomic E-state index is 0.214. The predicted octanol–water partition coefficient (Wildman–Crippen LogP) is 4.31. The Labute approximate surface area is 169 Å². The fourth-order valence-corrected chi connectivity index (χ4v) is 5.30. The Balaban J connectivity index is 1.28. The van der Waals surface area contributed by atoms with Gasteiger partial charge in [-0.3, -0.25) is 4.79 Å². The smallest absolute Gasteiger partial charge is 0.233 e. The number of aliphatic imine (C=N–C) groups is 1. The SMILES string of the molecule is Cc1cccc(N2CCN(C(=O)CSC3=Nc4ccccc4CS3)CC2)c1. The van der Waals surface area contributed by atoms with Crippen LogP contribution in [0.3, 0.4) is 0 Å². The number of amides is 1. The van der Waals surface area contributed by atoms with Crippen molar-refractivity contribution < 1.29 is 4.79 Å². The van der Waals surface area contributed by atoms with Gasteiger partial charge in [0, 0.05) is 37.6 Å². The van der Waals surface area contributed by atoms with Crippen LogP contribution in [0.25, 0.3) is 0 Å². The molecule has 1 fully saturated rings. The van der Waals surface area contributed by atoms with Gasteiger partial charge in [0.1, 0.15) is 4.38 Å². The molecule has 6 heteroatoms. The summed E-state index contributed by atoms with van der Waals surface area (Å²) in [5, 5.41) is 0. The molecule has 0 spiro atoms. The number of fused-ring (bicyclic) bond motifs is 1. The van der Waals surface area contributed by atoms with E-state index in [9.17, 15) is 4.79 Å². The van der Waals surface area contributed by atoms with E-state index in [2.05, 4.69) is 47.1 Å². The highest BCUT2D eigenvalue weighted by molar-refractivity contribution is 8.38. The molecule has 4 rings (SSSR count). The van der Waals surface area contributed by atoms with E-state index < -0.39 is 0 Å². The first-order valence-electron chi connectivity index (χ1n) is 9.20. The molecule has 2 heterocycles. The van der Waals surface area contributed by atoms with E-state index in [0.717, 1.165) is 42.0 Å². The summed E-state index contributed by atoms with van der Waals surface area (Å²) in [5.74, 6) is 1.62. The summed E-state index contributed by atoms with van der Waals surface area (Å²) in [6.45, 7) is 5.47. The minimum Gasteiger partial charge on any atom is -0.368 e. The molecule has 0 aliphatic carbocycles. The molecule has 0 aromatic heterocycles. The second-order valence-electron chi connectivity index (χ2n) is 6.79. The number of carbonyl (C=O) groups is 1. The summed E-state index contributed by atoms with van der Waals surface area (Å²) >= 11 is 3.30. The number of anilines is 1. The van der Waals surface area contributed by atoms with Crippen LogP contribution in [0.2, 0.25) is 0 Å². The molecule has 2 aromatic carbocycles. The maximum absolute atomic E-state index is 12.6. The van der Waals surface area contributed by atoms with Gasteiger partial charge in [0.2, 0.25) is 5.91 Å². The molecule has 2 aromatic rings. The zero-order chi connectivity index (χ0) is 18.6. The number of hydrogen-bond donors (Lipinski definition) is 0. The van der Waals surface area contributed by atoms with Gasteiger partial charge in [0.05, 0.1) is 11.4 Å². The summed E-state index contributed by atoms with van der Waals surface area (Å²) in [6.07, 6.45) is 0. The number of benzene rings is 2. The lowest BCUT2D eigenvalue weighted by molar-refractivity contribution is -0.128. The number of hydrogen-bond acceptors (Lipinski definition) is 5. The first kappa shape index (κ1) is 18.4. The standard InChI is InChI=1S/C21H23N3OS2/c1-16-5-4-7-18(13-16)23-9-11-24(12-10-23)20(25)15-27-21-22-19-8-3-2-6-17(19)14-26-21/h2-8,13H,9-12,14-15H2,1H3. The molecule has 27 heavy (non-hydrogen) atoms. The van der Waals surface area contributed by atoms with Crippen LogP contribution in [0, 0.1) is 6.92 Å². The van der Waals surface area contributed by atoms with Gasteiger partial charge in [-0.25, -0.2) is 4.99 Å². The van der Waals surface area contributed by atoms with Crippen LogP contribution in [-0.2, 0) is 10.5 Å². The maximum atomic E-state index is 12.6. The molecule has 0 unspecified atom stereocenters. The van der Waals surface area contributed by atoms with Crippen LogP contribution in [0.5, 0.6) is 0 Å². The van der Waals surface area contributed by atoms with Crippen molar-refractivity contribution in [3.8, 4) is 0 Å². The van der Waals surface area contributed by atoms with E-state index in [4.69, 9.17) is 0 Å². The molecular formula is C21H23N3OS2. The Hall–Kier alpha value is -1.92. The summed E-state index contributed by atoms with van der Waals surface area (Å²) in [6, 6.07) is 16.8. The molecule has 0 bridgehead atoms. The Bertz CT molecular complexity index is 860. The van der Waals surface area contributed by atoms with Crippen LogP contribution < -0.4 is 4.90 Å². The number of para-hydroxylation sites is 1. The van der Waals surface area contributed by atoms with Gasteiger partial charge < -0.3 is 9.80 Å². The molecule has 0 saturated carbocycles. The Morgan fingerprint density at radius 1 is 1.11 bits per heavy atom. The highest BCUT2D eigenvalue weighted by atomic mass is 32.2. The molecule has 2 aliphatic heterocycles. The van der Waals surface area contributed by atoms with Crippen molar-refractivity contribution in [2.24, 2.45) is 4.99 Å². The minimum absolute atomic E-state index is 0.214. The lowest BCUT2D eigenvalue weighted by Crippen LogP contribution is -2.49. The van der Waals surface area contributed by atoms with Crippen molar-refractivity contribution in [3.05, 3.63) is 59.7 Å². The predicted molar refractivity (Wildman–Crippen MR) is 117 cm³/mol. The second kappa shape index (κ2) is 8.40. The van der Waals surface area contributed by atoms with Gasteiger partial charge >= 0.3 is 0 Å². The van der Waals surface area contributed by atoms with Crippen molar-refractivity contribution in [2.75, 3.05) is 36.8 Å². The fraction of sp³-hybridized carbons (Fsp3) is 0.333. The molecule has 2 aliphatic rings. The summed E-state index contributed by atoms with van der Waals surface area (Å²) in [5.41, 5.74) is 4.83. The number of aryl methyl sites for hydroxylation is 1. The lowest BCUT2D eigenvalue weighted by atomic mass is 10.2. The first-order valence-corrected chi connectivity index (χ1v) is 11.2. The number of rotatable bonds is 3. The van der Waals surface area contributed by atoms with Gasteiger partial charge in [-0.1, -0.05) is 53.9 Å². The van der Waals surface area contributed by atoms with Crippen LogP contribution in [-0.4, -0.2) is 47.1 Å². The second-order valence-corrected chi connectivity index (χ2v) is 8.98. The van der Waals surface area contributed by atoms with Crippen molar-refractivity contribution >= 4 is 45.2 Å². The molecular weight excluding hydrogens is 374 g/mol. The number of thioether (sulfide) groups is 2. The van der Waals surface area contributed by atoms with Crippen LogP contribution in [0.4, 0.5) is 11.4 Å². The van der Waals surface area contributed by atoms with Crippen molar-refractivity contribution in [1.82, 2.24) is 4.90 Å². The number of piperazine rings is 1. The normalized spacial score (nSPS) is 16.7. The zero-order valence-corrected chi connectivity index (χ0v) is 17.1. The molecule has 1 saturated heterocycles. The summed E-state index contributed by atoms with van der Waals surface area (Å²) < 4.78 is 1.00. The van der Waals surface area contributed by atoms with E-state index in [1.54, 1.807) is 23.5 Å². The molecule has 0 N–H and O–H groups in total. The van der Waals surface area contributed by atoms with Gasteiger partial charge in [-0.05, 0) is 36.2 Å². The average molecular weight is 398 g/mol. The third-order valence-electron chi connectivity index (χ3n) is 4.87. The zero-order valence-electron chi connectivity index (χ0n) is 15.4. The topological polar surface area (TPSA) is 35.9 Å². The van der Waals surface area contributed by atoms with E-state index >= 15 is 0 Å². The third kappa shape index (κ3) is 4.50. The van der Waals surface area contributed by atoms with E-state index in [0.29, 0.717) is 5.75 Å². The molecule has 0 radical (unpaired) electrons. The largest absolute Gasteiger partial charge is 0.368 e. The molecule has 0 atom stereocenters. The van der Waals surface area contributed by atoms with Crippen molar-refractivity contribution in [1.29, 1.82) is 0 Å². The Kier molecular flexibility index (Phi) is 5.74.